The van der Waals surface area contributed by atoms with E-state index in [0.29, 0.717) is 12.1 Å². The van der Waals surface area contributed by atoms with E-state index in [2.05, 4.69) is 0 Å². The summed E-state index contributed by atoms with van der Waals surface area (Å²) in [6.45, 7) is 0. The Morgan fingerprint density at radius 3 is 2.31 bits per heavy atom. The van der Waals surface area contributed by atoms with Crippen molar-refractivity contribution in [3.05, 3.63) is 29.3 Å². The zero-order valence-electron chi connectivity index (χ0n) is 9.56. The van der Waals surface area contributed by atoms with E-state index in [-0.39, 0.29) is 5.54 Å². The monoisotopic (exact) mass is 226 g/mol. The molecule has 0 saturated heterocycles. The Hall–Kier alpha value is -1.16. The summed E-state index contributed by atoms with van der Waals surface area (Å²) in [5, 5.41) is 0. The van der Waals surface area contributed by atoms with E-state index in [1.807, 2.05) is 14.1 Å². The van der Waals surface area contributed by atoms with Gasteiger partial charge in [0.2, 0.25) is 0 Å². The van der Waals surface area contributed by atoms with Gasteiger partial charge in [0.25, 0.3) is 0 Å². The van der Waals surface area contributed by atoms with Crippen LogP contribution in [0.5, 0.6) is 0 Å². The van der Waals surface area contributed by atoms with E-state index in [1.165, 1.54) is 12.1 Å². The van der Waals surface area contributed by atoms with E-state index in [1.54, 1.807) is 4.90 Å². The highest BCUT2D eigenvalue weighted by Gasteiger charge is 2.38. The Morgan fingerprint density at radius 2 is 1.81 bits per heavy atom. The molecule has 1 saturated carbocycles. The second-order valence-electron chi connectivity index (χ2n) is 4.83. The average molecular weight is 226 g/mol. The highest BCUT2D eigenvalue weighted by atomic mass is 19.2. The van der Waals surface area contributed by atoms with Crippen LogP contribution < -0.4 is 10.6 Å². The molecule has 88 valence electrons. The normalized spacial score (nSPS) is 17.3. The molecular weight excluding hydrogens is 210 g/mol. The van der Waals surface area contributed by atoms with Gasteiger partial charge in [-0.3, -0.25) is 0 Å². The van der Waals surface area contributed by atoms with Crippen molar-refractivity contribution < 1.29 is 8.78 Å². The standard InChI is InChI=1S/C12H16F2N2/c1-16(2)11-6-10(14)9(13)5-8(11)7-12(15)3-4-12/h5-6H,3-4,7,15H2,1-2H3. The number of halogens is 2. The maximum Gasteiger partial charge on any atom is 0.160 e. The van der Waals surface area contributed by atoms with Crippen molar-refractivity contribution in [2.45, 2.75) is 24.8 Å². The quantitative estimate of drug-likeness (QED) is 0.854. The molecule has 4 heteroatoms. The first kappa shape index (κ1) is 11.3. The zero-order chi connectivity index (χ0) is 11.9. The van der Waals surface area contributed by atoms with Gasteiger partial charge in [0.05, 0.1) is 0 Å². The molecule has 0 unspecified atom stereocenters. The van der Waals surface area contributed by atoms with Crippen molar-refractivity contribution >= 4 is 5.69 Å². The van der Waals surface area contributed by atoms with Gasteiger partial charge in [-0.2, -0.15) is 0 Å². The lowest BCUT2D eigenvalue weighted by molar-refractivity contribution is 0.505. The number of nitrogens with zero attached hydrogens (tertiary/aromatic N) is 1. The fraction of sp³-hybridized carbons (Fsp3) is 0.500. The number of rotatable bonds is 3. The minimum atomic E-state index is -0.811. The Balaban J connectivity index is 2.37. The number of hydrogen-bond acceptors (Lipinski definition) is 2. The lowest BCUT2D eigenvalue weighted by atomic mass is 10.0. The predicted molar refractivity (Wildman–Crippen MR) is 60.5 cm³/mol. The van der Waals surface area contributed by atoms with Crippen LogP contribution in [0.25, 0.3) is 0 Å². The fourth-order valence-electron chi connectivity index (χ4n) is 1.85. The van der Waals surface area contributed by atoms with Crippen molar-refractivity contribution in [1.29, 1.82) is 0 Å². The molecule has 2 N–H and O–H groups in total. The minimum absolute atomic E-state index is 0.199. The summed E-state index contributed by atoms with van der Waals surface area (Å²) >= 11 is 0. The van der Waals surface area contributed by atoms with Gasteiger partial charge in [-0.25, -0.2) is 8.78 Å². The molecule has 0 radical (unpaired) electrons. The maximum absolute atomic E-state index is 13.2. The fourth-order valence-corrected chi connectivity index (χ4v) is 1.85. The minimum Gasteiger partial charge on any atom is -0.377 e. The molecule has 0 aromatic heterocycles. The number of hydrogen-bond donors (Lipinski definition) is 1. The highest BCUT2D eigenvalue weighted by Crippen LogP contribution is 2.38. The zero-order valence-corrected chi connectivity index (χ0v) is 9.56. The first-order chi connectivity index (χ1) is 7.41. The molecule has 0 spiro atoms. The van der Waals surface area contributed by atoms with Crippen LogP contribution in [0, 0.1) is 11.6 Å². The van der Waals surface area contributed by atoms with Crippen LogP contribution in [-0.4, -0.2) is 19.6 Å². The lowest BCUT2D eigenvalue weighted by Crippen LogP contribution is -2.26. The summed E-state index contributed by atoms with van der Waals surface area (Å²) in [5.74, 6) is -1.61. The smallest absolute Gasteiger partial charge is 0.160 e. The predicted octanol–water partition coefficient (Wildman–Crippen LogP) is 2.06. The average Bonchev–Trinajstić information content (AvgIpc) is 2.89. The third kappa shape index (κ3) is 2.16. The van der Waals surface area contributed by atoms with Gasteiger partial charge in [-0.15, -0.1) is 0 Å². The molecule has 0 atom stereocenters. The maximum atomic E-state index is 13.2. The lowest BCUT2D eigenvalue weighted by Gasteiger charge is -2.20. The van der Waals surface area contributed by atoms with Crippen LogP contribution in [0.1, 0.15) is 18.4 Å². The molecule has 1 aliphatic rings. The van der Waals surface area contributed by atoms with E-state index < -0.39 is 11.6 Å². The van der Waals surface area contributed by atoms with Crippen molar-refractivity contribution in [3.8, 4) is 0 Å². The largest absolute Gasteiger partial charge is 0.377 e. The van der Waals surface area contributed by atoms with Crippen LogP contribution in [-0.2, 0) is 6.42 Å². The number of nitrogens with two attached hydrogens (primary N) is 1. The van der Waals surface area contributed by atoms with Crippen LogP contribution in [0.2, 0.25) is 0 Å². The molecule has 1 aliphatic carbocycles. The van der Waals surface area contributed by atoms with E-state index in [9.17, 15) is 8.78 Å². The molecule has 1 aromatic rings. The third-order valence-electron chi connectivity index (χ3n) is 3.04. The van der Waals surface area contributed by atoms with Gasteiger partial charge in [0, 0.05) is 31.4 Å². The summed E-state index contributed by atoms with van der Waals surface area (Å²) in [4.78, 5) is 1.78. The third-order valence-corrected chi connectivity index (χ3v) is 3.04. The van der Waals surface area contributed by atoms with Gasteiger partial charge >= 0.3 is 0 Å². The van der Waals surface area contributed by atoms with E-state index >= 15 is 0 Å². The second kappa shape index (κ2) is 3.70. The molecule has 0 aliphatic heterocycles. The SMILES string of the molecule is CN(C)c1cc(F)c(F)cc1CC1(N)CC1. The van der Waals surface area contributed by atoms with Gasteiger partial charge in [0.15, 0.2) is 11.6 Å². The molecule has 0 heterocycles. The summed E-state index contributed by atoms with van der Waals surface area (Å²) < 4.78 is 26.3. The summed E-state index contributed by atoms with van der Waals surface area (Å²) in [6.07, 6.45) is 2.52. The van der Waals surface area contributed by atoms with Gasteiger partial charge in [-0.05, 0) is 30.9 Å². The van der Waals surface area contributed by atoms with Crippen molar-refractivity contribution in [2.75, 3.05) is 19.0 Å². The van der Waals surface area contributed by atoms with E-state index in [0.717, 1.165) is 18.4 Å². The first-order valence-electron chi connectivity index (χ1n) is 5.35. The molecular formula is C12H16F2N2. The molecule has 2 nitrogen and oxygen atoms in total. The second-order valence-corrected chi connectivity index (χ2v) is 4.83. The topological polar surface area (TPSA) is 29.3 Å². The molecule has 0 bridgehead atoms. The van der Waals surface area contributed by atoms with Gasteiger partial charge in [0.1, 0.15) is 0 Å². The van der Waals surface area contributed by atoms with Crippen molar-refractivity contribution in [2.24, 2.45) is 5.73 Å². The van der Waals surface area contributed by atoms with Gasteiger partial charge < -0.3 is 10.6 Å². The van der Waals surface area contributed by atoms with Crippen molar-refractivity contribution in [3.63, 3.8) is 0 Å². The molecule has 16 heavy (non-hydrogen) atoms. The van der Waals surface area contributed by atoms with Crippen LogP contribution in [0.4, 0.5) is 14.5 Å². The van der Waals surface area contributed by atoms with E-state index in [4.69, 9.17) is 5.73 Å². The Kier molecular flexibility index (Phi) is 2.62. The highest BCUT2D eigenvalue weighted by molar-refractivity contribution is 5.54. The van der Waals surface area contributed by atoms with Crippen LogP contribution in [0.3, 0.4) is 0 Å². The van der Waals surface area contributed by atoms with Crippen molar-refractivity contribution in [1.82, 2.24) is 0 Å². The first-order valence-corrected chi connectivity index (χ1v) is 5.35. The molecule has 1 aromatic carbocycles. The molecule has 1 fully saturated rings. The Bertz CT molecular complexity index is 412. The Morgan fingerprint density at radius 1 is 1.25 bits per heavy atom. The molecule has 0 amide bonds. The van der Waals surface area contributed by atoms with Crippen LogP contribution in [0.15, 0.2) is 12.1 Å². The summed E-state index contributed by atoms with van der Waals surface area (Å²) in [6, 6.07) is 2.49. The van der Waals surface area contributed by atoms with Crippen LogP contribution >= 0.6 is 0 Å². The number of benzene rings is 1. The number of anilines is 1. The molecule has 2 rings (SSSR count). The Labute approximate surface area is 94.0 Å². The summed E-state index contributed by atoms with van der Waals surface area (Å²) in [5.41, 5.74) is 7.29. The summed E-state index contributed by atoms with van der Waals surface area (Å²) in [7, 11) is 3.62. The van der Waals surface area contributed by atoms with Gasteiger partial charge in [-0.1, -0.05) is 0 Å².